The number of rotatable bonds is 5. The molecule has 0 saturated heterocycles. The van der Waals surface area contributed by atoms with Crippen LogP contribution in [0.1, 0.15) is 17.2 Å². The van der Waals surface area contributed by atoms with Crippen molar-refractivity contribution < 1.29 is 17.9 Å². The third-order valence-electron chi connectivity index (χ3n) is 3.35. The third kappa shape index (κ3) is 3.36. The minimum absolute atomic E-state index is 0.0452. The normalized spacial score (nSPS) is 12.2. The summed E-state index contributed by atoms with van der Waals surface area (Å²) in [7, 11) is 2.99. The first-order valence-corrected chi connectivity index (χ1v) is 6.50. The first kappa shape index (κ1) is 15.4. The van der Waals surface area contributed by atoms with Crippen LogP contribution in [0.25, 0.3) is 0 Å². The Kier molecular flexibility index (Phi) is 4.85. The van der Waals surface area contributed by atoms with Crippen LogP contribution in [0.4, 0.5) is 13.2 Å². The maximum Gasteiger partial charge on any atom is 0.165 e. The highest BCUT2D eigenvalue weighted by Crippen LogP contribution is 2.26. The van der Waals surface area contributed by atoms with Crippen LogP contribution in [-0.4, -0.2) is 14.2 Å². The van der Waals surface area contributed by atoms with E-state index < -0.39 is 23.5 Å². The Labute approximate surface area is 121 Å². The Hall–Kier alpha value is -2.01. The van der Waals surface area contributed by atoms with Crippen molar-refractivity contribution in [2.45, 2.75) is 12.5 Å². The smallest absolute Gasteiger partial charge is 0.165 e. The van der Waals surface area contributed by atoms with Crippen molar-refractivity contribution >= 4 is 0 Å². The molecule has 2 rings (SSSR count). The number of hydrogen-bond donors (Lipinski definition) is 1. The molecule has 0 spiro atoms. The van der Waals surface area contributed by atoms with E-state index in [1.165, 1.54) is 37.4 Å². The van der Waals surface area contributed by atoms with Gasteiger partial charge in [0.05, 0.1) is 7.11 Å². The molecule has 0 aliphatic rings. The second-order valence-corrected chi connectivity index (χ2v) is 4.65. The molecule has 0 amide bonds. The lowest BCUT2D eigenvalue weighted by Gasteiger charge is -2.18. The van der Waals surface area contributed by atoms with Crippen molar-refractivity contribution in [3.8, 4) is 5.75 Å². The number of hydrogen-bond acceptors (Lipinski definition) is 2. The van der Waals surface area contributed by atoms with Crippen molar-refractivity contribution in [1.29, 1.82) is 0 Å². The monoisotopic (exact) mass is 295 g/mol. The maximum absolute atomic E-state index is 13.8. The molecular formula is C16H16F3NO. The first-order valence-electron chi connectivity index (χ1n) is 6.50. The molecule has 0 saturated carbocycles. The van der Waals surface area contributed by atoms with Crippen LogP contribution in [0.5, 0.6) is 5.75 Å². The minimum Gasteiger partial charge on any atom is -0.494 e. The summed E-state index contributed by atoms with van der Waals surface area (Å²) in [6, 6.07) is 7.61. The molecule has 0 heterocycles. The molecule has 2 aromatic carbocycles. The Bertz CT molecular complexity index is 611. The van der Waals surface area contributed by atoms with Crippen LogP contribution in [0.3, 0.4) is 0 Å². The predicted molar refractivity (Wildman–Crippen MR) is 74.8 cm³/mol. The topological polar surface area (TPSA) is 21.3 Å². The van der Waals surface area contributed by atoms with Crippen LogP contribution < -0.4 is 10.1 Å². The van der Waals surface area contributed by atoms with Crippen LogP contribution in [0, 0.1) is 17.5 Å². The lowest BCUT2D eigenvalue weighted by Crippen LogP contribution is -2.21. The van der Waals surface area contributed by atoms with Gasteiger partial charge in [0.15, 0.2) is 11.6 Å². The summed E-state index contributed by atoms with van der Waals surface area (Å²) in [5.74, 6) is -1.61. The molecule has 1 unspecified atom stereocenters. The lowest BCUT2D eigenvalue weighted by molar-refractivity contribution is 0.386. The second kappa shape index (κ2) is 6.63. The van der Waals surface area contributed by atoms with E-state index >= 15 is 0 Å². The fourth-order valence-corrected chi connectivity index (χ4v) is 2.26. The Balaban J connectivity index is 2.29. The second-order valence-electron chi connectivity index (χ2n) is 4.65. The lowest BCUT2D eigenvalue weighted by atomic mass is 9.98. The number of benzene rings is 2. The molecule has 0 aromatic heterocycles. The van der Waals surface area contributed by atoms with Crippen LogP contribution in [-0.2, 0) is 6.42 Å². The summed E-state index contributed by atoms with van der Waals surface area (Å²) in [6.07, 6.45) is 0.259. The van der Waals surface area contributed by atoms with E-state index in [-0.39, 0.29) is 17.7 Å². The van der Waals surface area contributed by atoms with Crippen LogP contribution in [0.15, 0.2) is 36.4 Å². The largest absolute Gasteiger partial charge is 0.494 e. The van der Waals surface area contributed by atoms with E-state index in [9.17, 15) is 13.2 Å². The summed E-state index contributed by atoms with van der Waals surface area (Å²) in [6.45, 7) is 0. The fraction of sp³-hybridized carbons (Fsp3) is 0.250. The van der Waals surface area contributed by atoms with Gasteiger partial charge in [0, 0.05) is 11.6 Å². The average molecular weight is 295 g/mol. The van der Waals surface area contributed by atoms with Gasteiger partial charge in [-0.05, 0) is 43.3 Å². The third-order valence-corrected chi connectivity index (χ3v) is 3.35. The van der Waals surface area contributed by atoms with Gasteiger partial charge in [-0.2, -0.15) is 0 Å². The zero-order valence-electron chi connectivity index (χ0n) is 11.8. The van der Waals surface area contributed by atoms with Gasteiger partial charge in [-0.1, -0.05) is 12.1 Å². The SMILES string of the molecule is CNC(Cc1ccc(OC)c(F)c1)c1c(F)cccc1F. The molecule has 1 N–H and O–H groups in total. The molecule has 0 fully saturated rings. The van der Waals surface area contributed by atoms with E-state index in [2.05, 4.69) is 5.32 Å². The highest BCUT2D eigenvalue weighted by atomic mass is 19.1. The standard InChI is InChI=1S/C16H16F3NO/c1-20-14(16-11(17)4-3-5-12(16)18)9-10-6-7-15(21-2)13(19)8-10/h3-8,14,20H,9H2,1-2H3. The molecule has 0 aliphatic carbocycles. The summed E-state index contributed by atoms with van der Waals surface area (Å²) in [5, 5.41) is 2.86. The van der Waals surface area contributed by atoms with Gasteiger partial charge in [-0.15, -0.1) is 0 Å². The number of methoxy groups -OCH3 is 1. The van der Waals surface area contributed by atoms with E-state index in [0.29, 0.717) is 5.56 Å². The van der Waals surface area contributed by atoms with Gasteiger partial charge < -0.3 is 10.1 Å². The predicted octanol–water partition coefficient (Wildman–Crippen LogP) is 3.62. The number of halogens is 3. The van der Waals surface area contributed by atoms with Gasteiger partial charge >= 0.3 is 0 Å². The highest BCUT2D eigenvalue weighted by Gasteiger charge is 2.19. The summed E-state index contributed by atoms with van der Waals surface area (Å²) in [4.78, 5) is 0. The summed E-state index contributed by atoms with van der Waals surface area (Å²) < 4.78 is 46.1. The van der Waals surface area contributed by atoms with Gasteiger partial charge in [-0.3, -0.25) is 0 Å². The fourth-order valence-electron chi connectivity index (χ4n) is 2.26. The van der Waals surface area contributed by atoms with Crippen molar-refractivity contribution in [2.24, 2.45) is 0 Å². The molecule has 0 bridgehead atoms. The maximum atomic E-state index is 13.8. The summed E-state index contributed by atoms with van der Waals surface area (Å²) in [5.41, 5.74) is 0.575. The quantitative estimate of drug-likeness (QED) is 0.909. The number of likely N-dealkylation sites (N-methyl/N-ethyl adjacent to an activating group) is 1. The van der Waals surface area contributed by atoms with Gasteiger partial charge in [0.1, 0.15) is 11.6 Å². The molecule has 0 aliphatic heterocycles. The molecular weight excluding hydrogens is 279 g/mol. The number of ether oxygens (including phenoxy) is 1. The first-order chi connectivity index (χ1) is 10.1. The van der Waals surface area contributed by atoms with Gasteiger partial charge in [0.25, 0.3) is 0 Å². The Morgan fingerprint density at radius 2 is 1.71 bits per heavy atom. The zero-order chi connectivity index (χ0) is 15.4. The molecule has 5 heteroatoms. The van der Waals surface area contributed by atoms with Gasteiger partial charge in [0.2, 0.25) is 0 Å². The Morgan fingerprint density at radius 3 is 2.24 bits per heavy atom. The zero-order valence-corrected chi connectivity index (χ0v) is 11.8. The minimum atomic E-state index is -0.622. The molecule has 1 atom stereocenters. The molecule has 0 radical (unpaired) electrons. The van der Waals surface area contributed by atoms with E-state index in [0.717, 1.165) is 0 Å². The van der Waals surface area contributed by atoms with E-state index in [1.54, 1.807) is 13.1 Å². The van der Waals surface area contributed by atoms with Crippen LogP contribution in [0.2, 0.25) is 0 Å². The molecule has 112 valence electrons. The van der Waals surface area contributed by atoms with Crippen molar-refractivity contribution in [2.75, 3.05) is 14.2 Å². The summed E-state index contributed by atoms with van der Waals surface area (Å²) >= 11 is 0. The molecule has 2 aromatic rings. The van der Waals surface area contributed by atoms with E-state index in [1.807, 2.05) is 0 Å². The van der Waals surface area contributed by atoms with E-state index in [4.69, 9.17) is 4.74 Å². The number of nitrogens with one attached hydrogen (secondary N) is 1. The molecule has 2 nitrogen and oxygen atoms in total. The van der Waals surface area contributed by atoms with Crippen molar-refractivity contribution in [3.63, 3.8) is 0 Å². The Morgan fingerprint density at radius 1 is 1.05 bits per heavy atom. The van der Waals surface area contributed by atoms with Crippen molar-refractivity contribution in [3.05, 3.63) is 65.0 Å². The average Bonchev–Trinajstić information content (AvgIpc) is 2.46. The highest BCUT2D eigenvalue weighted by molar-refractivity contribution is 5.31. The van der Waals surface area contributed by atoms with Crippen molar-refractivity contribution in [1.82, 2.24) is 5.32 Å². The van der Waals surface area contributed by atoms with Crippen LogP contribution >= 0.6 is 0 Å². The van der Waals surface area contributed by atoms with Gasteiger partial charge in [-0.25, -0.2) is 13.2 Å². The molecule has 21 heavy (non-hydrogen) atoms.